The maximum Gasteiger partial charge on any atom is 0.128 e. The van der Waals surface area contributed by atoms with Crippen LogP contribution in [0, 0.1) is 0 Å². The smallest absolute Gasteiger partial charge is 0.128 e. The Bertz CT molecular complexity index is 655. The Morgan fingerprint density at radius 3 is 2.57 bits per heavy atom. The molecular weight excluding hydrogens is 309 g/mol. The van der Waals surface area contributed by atoms with Gasteiger partial charge < -0.3 is 15.2 Å². The SMILES string of the molecule is COc1ccc2c(c1)[C@H](N)CC(c1c(Cl)cccc1Cl)O2. The van der Waals surface area contributed by atoms with Crippen molar-refractivity contribution in [2.24, 2.45) is 5.73 Å². The summed E-state index contributed by atoms with van der Waals surface area (Å²) in [5.74, 6) is 1.51. The molecule has 2 aromatic rings. The maximum absolute atomic E-state index is 6.28. The van der Waals surface area contributed by atoms with Gasteiger partial charge >= 0.3 is 0 Å². The predicted molar refractivity (Wildman–Crippen MR) is 84.4 cm³/mol. The summed E-state index contributed by atoms with van der Waals surface area (Å²) in [6.45, 7) is 0. The lowest BCUT2D eigenvalue weighted by molar-refractivity contribution is 0.161. The van der Waals surface area contributed by atoms with Gasteiger partial charge in [-0.3, -0.25) is 0 Å². The molecule has 0 saturated heterocycles. The van der Waals surface area contributed by atoms with E-state index in [9.17, 15) is 0 Å². The summed E-state index contributed by atoms with van der Waals surface area (Å²) >= 11 is 12.5. The van der Waals surface area contributed by atoms with Crippen LogP contribution in [0.25, 0.3) is 0 Å². The van der Waals surface area contributed by atoms with Crippen LogP contribution in [0.1, 0.15) is 29.7 Å². The maximum atomic E-state index is 6.28. The van der Waals surface area contributed by atoms with E-state index in [1.54, 1.807) is 19.2 Å². The minimum Gasteiger partial charge on any atom is -0.497 e. The van der Waals surface area contributed by atoms with Gasteiger partial charge in [-0.1, -0.05) is 29.3 Å². The molecule has 3 rings (SSSR count). The minimum atomic E-state index is -0.248. The third-order valence-electron chi connectivity index (χ3n) is 3.68. The van der Waals surface area contributed by atoms with E-state index in [1.165, 1.54) is 0 Å². The predicted octanol–water partition coefficient (Wildman–Crippen LogP) is 4.53. The van der Waals surface area contributed by atoms with Gasteiger partial charge in [0.1, 0.15) is 17.6 Å². The number of halogens is 2. The molecule has 110 valence electrons. The molecule has 0 radical (unpaired) electrons. The second-order valence-corrected chi connectivity index (χ2v) is 5.80. The molecule has 21 heavy (non-hydrogen) atoms. The number of hydrogen-bond donors (Lipinski definition) is 1. The minimum absolute atomic E-state index is 0.152. The molecule has 0 amide bonds. The summed E-state index contributed by atoms with van der Waals surface area (Å²) in [7, 11) is 1.63. The number of fused-ring (bicyclic) bond motifs is 1. The molecule has 3 nitrogen and oxygen atoms in total. The summed E-state index contributed by atoms with van der Waals surface area (Å²) in [5, 5.41) is 1.19. The molecule has 2 N–H and O–H groups in total. The van der Waals surface area contributed by atoms with Gasteiger partial charge in [0.15, 0.2) is 0 Å². The van der Waals surface area contributed by atoms with E-state index in [2.05, 4.69) is 0 Å². The molecule has 0 aliphatic carbocycles. The van der Waals surface area contributed by atoms with E-state index in [0.717, 1.165) is 22.6 Å². The van der Waals surface area contributed by atoms with Crippen LogP contribution >= 0.6 is 23.2 Å². The lowest BCUT2D eigenvalue weighted by Crippen LogP contribution is -2.24. The highest BCUT2D eigenvalue weighted by Gasteiger charge is 2.30. The molecule has 2 aromatic carbocycles. The van der Waals surface area contributed by atoms with Gasteiger partial charge in [-0.15, -0.1) is 0 Å². The van der Waals surface area contributed by atoms with Crippen molar-refractivity contribution in [2.45, 2.75) is 18.6 Å². The Labute approximate surface area is 133 Å². The van der Waals surface area contributed by atoms with Crippen molar-refractivity contribution >= 4 is 23.2 Å². The second-order valence-electron chi connectivity index (χ2n) is 4.99. The highest BCUT2D eigenvalue weighted by Crippen LogP contribution is 2.44. The fourth-order valence-electron chi connectivity index (χ4n) is 2.60. The van der Waals surface area contributed by atoms with Crippen LogP contribution in [0.2, 0.25) is 10.0 Å². The van der Waals surface area contributed by atoms with Crippen LogP contribution in [-0.4, -0.2) is 7.11 Å². The van der Waals surface area contributed by atoms with Crippen molar-refractivity contribution in [3.05, 3.63) is 57.6 Å². The molecule has 1 unspecified atom stereocenters. The fraction of sp³-hybridized carbons (Fsp3) is 0.250. The standard InChI is InChI=1S/C16H15Cl2NO2/c1-20-9-5-6-14-10(7-9)13(19)8-15(21-14)16-11(17)3-2-4-12(16)18/h2-7,13,15H,8,19H2,1H3/t13-,15?/m1/s1. The third-order valence-corrected chi connectivity index (χ3v) is 4.33. The summed E-state index contributed by atoms with van der Waals surface area (Å²) < 4.78 is 11.3. The Balaban J connectivity index is 1.99. The number of hydrogen-bond acceptors (Lipinski definition) is 3. The molecule has 0 saturated carbocycles. The first-order chi connectivity index (χ1) is 10.1. The first kappa shape index (κ1) is 14.5. The van der Waals surface area contributed by atoms with Gasteiger partial charge in [-0.05, 0) is 30.3 Å². The highest BCUT2D eigenvalue weighted by atomic mass is 35.5. The molecule has 5 heteroatoms. The van der Waals surface area contributed by atoms with Crippen molar-refractivity contribution in [1.82, 2.24) is 0 Å². The Morgan fingerprint density at radius 2 is 1.90 bits per heavy atom. The molecule has 2 atom stereocenters. The molecule has 1 aliphatic rings. The van der Waals surface area contributed by atoms with E-state index in [-0.39, 0.29) is 12.1 Å². The van der Waals surface area contributed by atoms with E-state index >= 15 is 0 Å². The first-order valence-electron chi connectivity index (χ1n) is 6.64. The highest BCUT2D eigenvalue weighted by molar-refractivity contribution is 6.36. The zero-order chi connectivity index (χ0) is 15.0. The lowest BCUT2D eigenvalue weighted by Gasteiger charge is -2.31. The Kier molecular flexibility index (Phi) is 3.98. The van der Waals surface area contributed by atoms with Gasteiger partial charge in [-0.2, -0.15) is 0 Å². The van der Waals surface area contributed by atoms with Crippen LogP contribution in [0.3, 0.4) is 0 Å². The topological polar surface area (TPSA) is 44.5 Å². The van der Waals surface area contributed by atoms with Gasteiger partial charge in [0.2, 0.25) is 0 Å². The normalized spacial score (nSPS) is 20.6. The average molecular weight is 324 g/mol. The van der Waals surface area contributed by atoms with Crippen molar-refractivity contribution in [2.75, 3.05) is 7.11 Å². The molecule has 0 bridgehead atoms. The quantitative estimate of drug-likeness (QED) is 0.883. The van der Waals surface area contributed by atoms with E-state index in [0.29, 0.717) is 16.5 Å². The van der Waals surface area contributed by atoms with Gasteiger partial charge in [0.25, 0.3) is 0 Å². The molecule has 0 spiro atoms. The number of rotatable bonds is 2. The molecular formula is C16H15Cl2NO2. The van der Waals surface area contributed by atoms with E-state index < -0.39 is 0 Å². The molecule has 0 fully saturated rings. The molecule has 1 aliphatic heterocycles. The molecule has 1 heterocycles. The number of ether oxygens (including phenoxy) is 2. The largest absolute Gasteiger partial charge is 0.497 e. The first-order valence-corrected chi connectivity index (χ1v) is 7.40. The number of nitrogens with two attached hydrogens (primary N) is 1. The number of methoxy groups -OCH3 is 1. The van der Waals surface area contributed by atoms with E-state index in [1.807, 2.05) is 24.3 Å². The second kappa shape index (κ2) is 5.76. The monoisotopic (exact) mass is 323 g/mol. The average Bonchev–Trinajstić information content (AvgIpc) is 2.47. The van der Waals surface area contributed by atoms with Crippen LogP contribution < -0.4 is 15.2 Å². The van der Waals surface area contributed by atoms with Crippen LogP contribution in [0.15, 0.2) is 36.4 Å². The van der Waals surface area contributed by atoms with Crippen LogP contribution in [0.4, 0.5) is 0 Å². The molecule has 0 aromatic heterocycles. The van der Waals surface area contributed by atoms with Crippen molar-refractivity contribution < 1.29 is 9.47 Å². The summed E-state index contributed by atoms with van der Waals surface area (Å²) in [4.78, 5) is 0. The van der Waals surface area contributed by atoms with Crippen molar-refractivity contribution in [3.8, 4) is 11.5 Å². The summed E-state index contributed by atoms with van der Waals surface area (Å²) in [5.41, 5.74) is 8.00. The van der Waals surface area contributed by atoms with Crippen LogP contribution in [-0.2, 0) is 0 Å². The Morgan fingerprint density at radius 1 is 1.19 bits per heavy atom. The van der Waals surface area contributed by atoms with Crippen molar-refractivity contribution in [3.63, 3.8) is 0 Å². The van der Waals surface area contributed by atoms with Gasteiger partial charge in [0.05, 0.1) is 7.11 Å². The Hall–Kier alpha value is -1.42. The zero-order valence-corrected chi connectivity index (χ0v) is 13.0. The van der Waals surface area contributed by atoms with Gasteiger partial charge in [-0.25, -0.2) is 0 Å². The number of benzene rings is 2. The summed E-state index contributed by atoms with van der Waals surface area (Å²) in [6, 6.07) is 10.9. The lowest BCUT2D eigenvalue weighted by atomic mass is 9.93. The third kappa shape index (κ3) is 2.69. The van der Waals surface area contributed by atoms with Gasteiger partial charge in [0, 0.05) is 33.6 Å². The van der Waals surface area contributed by atoms with E-state index in [4.69, 9.17) is 38.4 Å². The zero-order valence-electron chi connectivity index (χ0n) is 11.5. The van der Waals surface area contributed by atoms with Crippen LogP contribution in [0.5, 0.6) is 11.5 Å². The van der Waals surface area contributed by atoms with Crippen molar-refractivity contribution in [1.29, 1.82) is 0 Å². The summed E-state index contributed by atoms with van der Waals surface area (Å²) in [6.07, 6.45) is 0.367. The fourth-order valence-corrected chi connectivity index (χ4v) is 3.25.